The second-order valence-electron chi connectivity index (χ2n) is 6.57. The van der Waals surface area contributed by atoms with Crippen LogP contribution in [0.25, 0.3) is 0 Å². The van der Waals surface area contributed by atoms with Gasteiger partial charge in [-0.05, 0) is 44.4 Å². The molecule has 1 aliphatic heterocycles. The molecule has 0 amide bonds. The van der Waals surface area contributed by atoms with Crippen molar-refractivity contribution in [3.8, 4) is 0 Å². The molecule has 1 spiro atoms. The number of nitrogens with one attached hydrogen (secondary N) is 1. The number of nitrogens with zero attached hydrogens (tertiary/aromatic N) is 2. The largest absolute Gasteiger partial charge is 0.382 e. The quantitative estimate of drug-likeness (QED) is 0.403. The van der Waals surface area contributed by atoms with Crippen molar-refractivity contribution in [2.75, 3.05) is 53.1 Å². The maximum atomic E-state index is 5.48. The van der Waals surface area contributed by atoms with Crippen LogP contribution in [0.15, 0.2) is 4.99 Å². The highest BCUT2D eigenvalue weighted by atomic mass is 16.5. The second kappa shape index (κ2) is 9.36. The number of ether oxygens (including phenoxy) is 2. The third kappa shape index (κ3) is 5.13. The zero-order valence-electron chi connectivity index (χ0n) is 14.4. The van der Waals surface area contributed by atoms with Crippen LogP contribution in [0, 0.1) is 5.41 Å². The van der Waals surface area contributed by atoms with Crippen LogP contribution in [0.3, 0.4) is 0 Å². The summed E-state index contributed by atoms with van der Waals surface area (Å²) in [6.45, 7) is 8.54. The van der Waals surface area contributed by atoms with Gasteiger partial charge in [-0.25, -0.2) is 0 Å². The number of unbranched alkanes of at least 4 members (excludes halogenated alkanes) is 1. The molecule has 0 aromatic carbocycles. The zero-order valence-corrected chi connectivity index (χ0v) is 14.4. The molecule has 0 aromatic heterocycles. The molecular formula is C17H33N3O2. The molecule has 2 aliphatic rings. The molecule has 0 aromatic rings. The highest BCUT2D eigenvalue weighted by Crippen LogP contribution is 2.47. The molecule has 5 nitrogen and oxygen atoms in total. The fourth-order valence-electron chi connectivity index (χ4n) is 3.37. The number of aliphatic imine (C=N–C) groups is 1. The van der Waals surface area contributed by atoms with Gasteiger partial charge in [0.1, 0.15) is 0 Å². The molecule has 0 bridgehead atoms. The molecule has 1 saturated heterocycles. The molecular weight excluding hydrogens is 278 g/mol. The van der Waals surface area contributed by atoms with Crippen LogP contribution >= 0.6 is 0 Å². The lowest BCUT2D eigenvalue weighted by Crippen LogP contribution is -2.42. The minimum Gasteiger partial charge on any atom is -0.382 e. The lowest BCUT2D eigenvalue weighted by molar-refractivity contribution is 0.0690. The van der Waals surface area contributed by atoms with Gasteiger partial charge in [0.15, 0.2) is 5.96 Å². The standard InChI is InChI=1S/C17H33N3O2/c1-3-18-16(19-10-4-5-12-22-14-13-21-2)20-11-9-17(15-20)7-6-8-17/h3-15H2,1-2H3,(H,18,19). The van der Waals surface area contributed by atoms with E-state index in [-0.39, 0.29) is 0 Å². The van der Waals surface area contributed by atoms with Gasteiger partial charge in [0.2, 0.25) is 0 Å². The van der Waals surface area contributed by atoms with Crippen molar-refractivity contribution >= 4 is 5.96 Å². The van der Waals surface area contributed by atoms with E-state index < -0.39 is 0 Å². The zero-order chi connectivity index (χ0) is 15.7. The first-order chi connectivity index (χ1) is 10.8. The number of hydrogen-bond donors (Lipinski definition) is 1. The Morgan fingerprint density at radius 3 is 2.68 bits per heavy atom. The molecule has 5 heteroatoms. The van der Waals surface area contributed by atoms with Crippen molar-refractivity contribution < 1.29 is 9.47 Å². The van der Waals surface area contributed by atoms with Crippen LogP contribution in [0.4, 0.5) is 0 Å². The minimum atomic E-state index is 0.630. The van der Waals surface area contributed by atoms with Gasteiger partial charge in [-0.3, -0.25) is 4.99 Å². The van der Waals surface area contributed by atoms with Gasteiger partial charge in [-0.1, -0.05) is 6.42 Å². The summed E-state index contributed by atoms with van der Waals surface area (Å²) >= 11 is 0. The van der Waals surface area contributed by atoms with Crippen LogP contribution in [-0.2, 0) is 9.47 Å². The van der Waals surface area contributed by atoms with Gasteiger partial charge < -0.3 is 19.7 Å². The summed E-state index contributed by atoms with van der Waals surface area (Å²) in [4.78, 5) is 7.27. The summed E-state index contributed by atoms with van der Waals surface area (Å²) in [5, 5.41) is 3.46. The summed E-state index contributed by atoms with van der Waals surface area (Å²) in [6, 6.07) is 0. The fraction of sp³-hybridized carbons (Fsp3) is 0.941. The van der Waals surface area contributed by atoms with Crippen LogP contribution in [0.5, 0.6) is 0 Å². The van der Waals surface area contributed by atoms with Gasteiger partial charge in [-0.15, -0.1) is 0 Å². The molecule has 1 N–H and O–H groups in total. The lowest BCUT2D eigenvalue weighted by atomic mass is 9.68. The number of guanidine groups is 1. The monoisotopic (exact) mass is 311 g/mol. The van der Waals surface area contributed by atoms with Crippen molar-refractivity contribution in [2.24, 2.45) is 10.4 Å². The van der Waals surface area contributed by atoms with Gasteiger partial charge >= 0.3 is 0 Å². The Bertz CT molecular complexity index is 343. The summed E-state index contributed by atoms with van der Waals surface area (Å²) in [5.74, 6) is 1.12. The average molecular weight is 311 g/mol. The fourth-order valence-corrected chi connectivity index (χ4v) is 3.37. The molecule has 1 heterocycles. The molecule has 128 valence electrons. The normalized spacial score (nSPS) is 20.5. The molecule has 0 radical (unpaired) electrons. The first-order valence-electron chi connectivity index (χ1n) is 8.90. The number of likely N-dealkylation sites (tertiary alicyclic amines) is 1. The van der Waals surface area contributed by atoms with E-state index in [4.69, 9.17) is 14.5 Å². The van der Waals surface area contributed by atoms with E-state index in [0.717, 1.165) is 38.5 Å². The van der Waals surface area contributed by atoms with E-state index >= 15 is 0 Å². The summed E-state index contributed by atoms with van der Waals surface area (Å²) in [7, 11) is 1.70. The molecule has 22 heavy (non-hydrogen) atoms. The van der Waals surface area contributed by atoms with Gasteiger partial charge in [0, 0.05) is 39.9 Å². The van der Waals surface area contributed by atoms with E-state index in [1.165, 1.54) is 38.8 Å². The Kier molecular flexibility index (Phi) is 7.46. The predicted octanol–water partition coefficient (Wildman–Crippen LogP) is 2.27. The number of rotatable bonds is 9. The van der Waals surface area contributed by atoms with Crippen molar-refractivity contribution in [1.82, 2.24) is 10.2 Å². The van der Waals surface area contributed by atoms with Gasteiger partial charge in [-0.2, -0.15) is 0 Å². The minimum absolute atomic E-state index is 0.630. The molecule has 2 rings (SSSR count). The summed E-state index contributed by atoms with van der Waals surface area (Å²) in [6.07, 6.45) is 7.76. The van der Waals surface area contributed by atoms with Crippen LogP contribution < -0.4 is 5.32 Å². The lowest BCUT2D eigenvalue weighted by Gasteiger charge is -2.38. The van der Waals surface area contributed by atoms with Crippen molar-refractivity contribution in [3.63, 3.8) is 0 Å². The highest BCUT2D eigenvalue weighted by Gasteiger charge is 2.43. The molecule has 2 fully saturated rings. The Balaban J connectivity index is 1.65. The van der Waals surface area contributed by atoms with E-state index in [1.807, 2.05) is 0 Å². The Morgan fingerprint density at radius 2 is 2.05 bits per heavy atom. The number of methoxy groups -OCH3 is 1. The Morgan fingerprint density at radius 1 is 1.18 bits per heavy atom. The predicted molar refractivity (Wildman–Crippen MR) is 90.4 cm³/mol. The molecule has 1 saturated carbocycles. The van der Waals surface area contributed by atoms with Crippen LogP contribution in [0.2, 0.25) is 0 Å². The van der Waals surface area contributed by atoms with Crippen molar-refractivity contribution in [2.45, 2.75) is 45.4 Å². The van der Waals surface area contributed by atoms with Crippen molar-refractivity contribution in [3.05, 3.63) is 0 Å². The third-order valence-corrected chi connectivity index (χ3v) is 4.88. The van der Waals surface area contributed by atoms with Crippen LogP contribution in [0.1, 0.15) is 45.4 Å². The first kappa shape index (κ1) is 17.5. The van der Waals surface area contributed by atoms with Gasteiger partial charge in [0.25, 0.3) is 0 Å². The summed E-state index contributed by atoms with van der Waals surface area (Å²) < 4.78 is 10.4. The first-order valence-corrected chi connectivity index (χ1v) is 8.90. The van der Waals surface area contributed by atoms with E-state index in [1.54, 1.807) is 7.11 Å². The van der Waals surface area contributed by atoms with Crippen molar-refractivity contribution in [1.29, 1.82) is 0 Å². The maximum Gasteiger partial charge on any atom is 0.193 e. The highest BCUT2D eigenvalue weighted by molar-refractivity contribution is 5.80. The number of hydrogen-bond acceptors (Lipinski definition) is 3. The van der Waals surface area contributed by atoms with E-state index in [2.05, 4.69) is 17.1 Å². The maximum absolute atomic E-state index is 5.48. The molecule has 1 aliphatic carbocycles. The average Bonchev–Trinajstić information content (AvgIpc) is 2.94. The molecule has 0 unspecified atom stereocenters. The topological polar surface area (TPSA) is 46.1 Å². The molecule has 0 atom stereocenters. The second-order valence-corrected chi connectivity index (χ2v) is 6.57. The van der Waals surface area contributed by atoms with Gasteiger partial charge in [0.05, 0.1) is 13.2 Å². The summed E-state index contributed by atoms with van der Waals surface area (Å²) in [5.41, 5.74) is 0.630. The SMILES string of the molecule is CCNC(=NCCCCOCCOC)N1CCC2(CCC2)C1. The Labute approximate surface area is 135 Å². The van der Waals surface area contributed by atoms with E-state index in [9.17, 15) is 0 Å². The smallest absolute Gasteiger partial charge is 0.193 e. The van der Waals surface area contributed by atoms with E-state index in [0.29, 0.717) is 18.6 Å². The third-order valence-electron chi connectivity index (χ3n) is 4.88. The Hall–Kier alpha value is -0.810. The van der Waals surface area contributed by atoms with Crippen LogP contribution in [-0.4, -0.2) is 64.0 Å².